The number of nitrogens with zero attached hydrogens (tertiary/aromatic N) is 2. The van der Waals surface area contributed by atoms with Crippen molar-refractivity contribution in [2.45, 2.75) is 10.8 Å². The second kappa shape index (κ2) is 2.85. The van der Waals surface area contributed by atoms with E-state index in [1.807, 2.05) is 19.2 Å². The van der Waals surface area contributed by atoms with Crippen molar-refractivity contribution in [2.75, 3.05) is 10.3 Å². The monoisotopic (exact) mass is 300 g/mol. The molecule has 4 heteroatoms. The molecule has 0 aromatic carbocycles. The Balaban J connectivity index is 2.37. The third-order valence-electron chi connectivity index (χ3n) is 2.57. The van der Waals surface area contributed by atoms with Crippen LogP contribution in [-0.2, 0) is 0 Å². The molecule has 0 radical (unpaired) electrons. The fourth-order valence-corrected chi connectivity index (χ4v) is 3.30. The second-order valence-corrected chi connectivity index (χ2v) is 6.83. The van der Waals surface area contributed by atoms with Crippen LogP contribution in [-0.4, -0.2) is 14.1 Å². The summed E-state index contributed by atoms with van der Waals surface area (Å²) in [7, 11) is 0. The van der Waals surface area contributed by atoms with E-state index in [9.17, 15) is 0 Å². The third kappa shape index (κ3) is 1.13. The van der Waals surface area contributed by atoms with Gasteiger partial charge in [0, 0.05) is 0 Å². The molecule has 0 amide bonds. The summed E-state index contributed by atoms with van der Waals surface area (Å²) in [5, 5.41) is 1.23. The number of rotatable bonds is 1. The number of alkyl halides is 2. The van der Waals surface area contributed by atoms with Gasteiger partial charge in [0.05, 0.1) is 0 Å². The molecule has 0 spiro atoms. The predicted molar refractivity (Wildman–Crippen MR) is 52.2 cm³/mol. The van der Waals surface area contributed by atoms with Crippen LogP contribution in [0.2, 0.25) is 0 Å². The van der Waals surface area contributed by atoms with Crippen molar-refractivity contribution in [3.05, 3.63) is 29.7 Å². The van der Waals surface area contributed by atoms with Crippen molar-refractivity contribution in [2.24, 2.45) is 0 Å². The molecule has 2 N–H and O–H groups in total. The Hall–Kier alpha value is -0.780. The molecule has 1 unspecified atom stereocenters. The van der Waals surface area contributed by atoms with Crippen LogP contribution in [0.4, 0.5) is 0 Å². The van der Waals surface area contributed by atoms with Gasteiger partial charge in [0.1, 0.15) is 0 Å². The number of nitrogens with two attached hydrogens (primary N) is 1. The molecule has 1 aliphatic heterocycles. The maximum atomic E-state index is 5.99. The maximum absolute atomic E-state index is 5.99. The van der Waals surface area contributed by atoms with Crippen LogP contribution >= 0.6 is 0 Å². The Bertz CT molecular complexity index is 499. The number of aromatic nitrogens is 2. The fourth-order valence-electron chi connectivity index (χ4n) is 1.76. The van der Waals surface area contributed by atoms with Gasteiger partial charge in [-0.1, -0.05) is 0 Å². The first-order valence-corrected chi connectivity index (χ1v) is 7.34. The van der Waals surface area contributed by atoms with Gasteiger partial charge < -0.3 is 0 Å². The molecular formula is C10H11IN3-. The molecular weight excluding hydrogens is 289 g/mol. The van der Waals surface area contributed by atoms with E-state index in [0.717, 1.165) is 15.1 Å². The first kappa shape index (κ1) is 8.52. The van der Waals surface area contributed by atoms with E-state index < -0.39 is 0 Å². The van der Waals surface area contributed by atoms with Crippen LogP contribution in [0.1, 0.15) is 15.3 Å². The molecule has 0 bridgehead atoms. The Kier molecular flexibility index (Phi) is 1.74. The summed E-state index contributed by atoms with van der Waals surface area (Å²) in [6.45, 7) is 2.03. The van der Waals surface area contributed by atoms with Gasteiger partial charge in [-0.2, -0.15) is 0 Å². The Labute approximate surface area is 92.5 Å². The van der Waals surface area contributed by atoms with Gasteiger partial charge in [0.15, 0.2) is 0 Å². The van der Waals surface area contributed by atoms with Gasteiger partial charge in [-0.05, 0) is 0 Å². The standard InChI is InChI=1S/C10H11IN3/c1-6-4-7-2-3-13-9(8-5-11-8)10(7)14(6)12/h2-4,8H,5,12H2,1H3/q-1. The summed E-state index contributed by atoms with van der Waals surface area (Å²) in [5.74, 6) is 5.99. The van der Waals surface area contributed by atoms with Crippen molar-refractivity contribution in [3.63, 3.8) is 0 Å². The molecule has 14 heavy (non-hydrogen) atoms. The normalized spacial score (nSPS) is 20.8. The minimum atomic E-state index is 0.386. The van der Waals surface area contributed by atoms with Crippen molar-refractivity contribution >= 4 is 10.9 Å². The number of pyridine rings is 1. The van der Waals surface area contributed by atoms with Gasteiger partial charge in [0.2, 0.25) is 0 Å². The molecule has 0 aliphatic carbocycles. The van der Waals surface area contributed by atoms with Crippen molar-refractivity contribution in [1.29, 1.82) is 0 Å². The summed E-state index contributed by atoms with van der Waals surface area (Å²) in [4.78, 5) is 4.47. The summed E-state index contributed by atoms with van der Waals surface area (Å²) in [6.07, 6.45) is 1.90. The third-order valence-corrected chi connectivity index (χ3v) is 4.93. The first-order chi connectivity index (χ1) is 6.77. The number of fused-ring (bicyclic) bond motifs is 1. The SMILES string of the molecule is Cc1cc2ccnc(C3C[I-]3)c2n1N. The van der Waals surface area contributed by atoms with Gasteiger partial charge in [-0.15, -0.1) is 0 Å². The predicted octanol–water partition coefficient (Wildman–Crippen LogP) is -1.80. The zero-order chi connectivity index (χ0) is 9.71. The molecule has 1 saturated heterocycles. The molecule has 2 aromatic heterocycles. The molecule has 0 saturated carbocycles. The van der Waals surface area contributed by atoms with Crippen LogP contribution < -0.4 is 27.0 Å². The van der Waals surface area contributed by atoms with Crippen molar-refractivity contribution < 1.29 is 21.2 Å². The van der Waals surface area contributed by atoms with Crippen molar-refractivity contribution in [3.8, 4) is 0 Å². The number of hydrogen-bond donors (Lipinski definition) is 1. The average molecular weight is 300 g/mol. The van der Waals surface area contributed by atoms with E-state index in [0.29, 0.717) is 21.2 Å². The molecule has 1 aliphatic rings. The average Bonchev–Trinajstić information content (AvgIpc) is 2.96. The molecule has 3 rings (SSSR count). The summed E-state index contributed by atoms with van der Waals surface area (Å²) in [6, 6.07) is 4.16. The summed E-state index contributed by atoms with van der Waals surface area (Å²) < 4.78 is 3.91. The number of hydrogen-bond acceptors (Lipinski definition) is 2. The van der Waals surface area contributed by atoms with Crippen LogP contribution in [0.5, 0.6) is 0 Å². The Morgan fingerprint density at radius 2 is 2.43 bits per heavy atom. The van der Waals surface area contributed by atoms with Crippen LogP contribution in [0.25, 0.3) is 10.9 Å². The van der Waals surface area contributed by atoms with E-state index in [1.54, 1.807) is 4.68 Å². The van der Waals surface area contributed by atoms with E-state index in [2.05, 4.69) is 11.1 Å². The first-order valence-electron chi connectivity index (χ1n) is 4.57. The molecule has 1 fully saturated rings. The summed E-state index contributed by atoms with van der Waals surface area (Å²) in [5.41, 5.74) is 3.48. The Morgan fingerprint density at radius 3 is 3.14 bits per heavy atom. The van der Waals surface area contributed by atoms with Gasteiger partial charge in [0.25, 0.3) is 0 Å². The number of halogens is 1. The minimum absolute atomic E-state index is 0.386. The van der Waals surface area contributed by atoms with Crippen LogP contribution in [0.3, 0.4) is 0 Å². The van der Waals surface area contributed by atoms with E-state index in [1.165, 1.54) is 15.5 Å². The molecule has 2 aromatic rings. The fraction of sp³-hybridized carbons (Fsp3) is 0.300. The van der Waals surface area contributed by atoms with Gasteiger partial charge in [-0.25, -0.2) is 0 Å². The van der Waals surface area contributed by atoms with Crippen LogP contribution in [0, 0.1) is 6.92 Å². The molecule has 74 valence electrons. The second-order valence-electron chi connectivity index (χ2n) is 3.57. The topological polar surface area (TPSA) is 43.8 Å². The van der Waals surface area contributed by atoms with E-state index in [4.69, 9.17) is 5.84 Å². The van der Waals surface area contributed by atoms with E-state index in [-0.39, 0.29) is 0 Å². The zero-order valence-corrected chi connectivity index (χ0v) is 10.0. The zero-order valence-electron chi connectivity index (χ0n) is 7.87. The van der Waals surface area contributed by atoms with Crippen LogP contribution in [0.15, 0.2) is 18.3 Å². The van der Waals surface area contributed by atoms with Crippen molar-refractivity contribution in [1.82, 2.24) is 9.66 Å². The number of nitrogen functional groups attached to an aromatic ring is 1. The van der Waals surface area contributed by atoms with Gasteiger partial charge >= 0.3 is 92.6 Å². The quantitative estimate of drug-likeness (QED) is 0.384. The number of aryl methyl sites for hydroxylation is 1. The Morgan fingerprint density at radius 1 is 1.64 bits per heavy atom. The molecule has 1 atom stereocenters. The molecule has 3 nitrogen and oxygen atoms in total. The van der Waals surface area contributed by atoms with E-state index >= 15 is 0 Å². The molecule has 3 heterocycles. The van der Waals surface area contributed by atoms with Gasteiger partial charge in [-0.3, -0.25) is 0 Å². The summed E-state index contributed by atoms with van der Waals surface area (Å²) >= 11 is 0.386.